The van der Waals surface area contributed by atoms with Crippen molar-refractivity contribution in [1.82, 2.24) is 10.6 Å². The quantitative estimate of drug-likeness (QED) is 0.184. The van der Waals surface area contributed by atoms with E-state index in [0.717, 1.165) is 4.90 Å². The molecule has 1 saturated heterocycles. The van der Waals surface area contributed by atoms with E-state index in [-0.39, 0.29) is 45.8 Å². The fourth-order valence-electron chi connectivity index (χ4n) is 3.40. The highest BCUT2D eigenvalue weighted by Gasteiger charge is 2.27. The second-order valence-electron chi connectivity index (χ2n) is 8.72. The van der Waals surface area contributed by atoms with Crippen molar-refractivity contribution in [2.45, 2.75) is 57.4 Å². The molecule has 0 saturated carbocycles. The van der Waals surface area contributed by atoms with Gasteiger partial charge in [0.1, 0.15) is 17.3 Å². The van der Waals surface area contributed by atoms with Crippen molar-refractivity contribution in [2.24, 2.45) is 0 Å². The lowest BCUT2D eigenvalue weighted by molar-refractivity contribution is -0.115. The summed E-state index contributed by atoms with van der Waals surface area (Å²) in [7, 11) is 0. The van der Waals surface area contributed by atoms with E-state index < -0.39 is 11.7 Å². The number of carbonyl (C=O) groups is 1. The molecule has 0 radical (unpaired) electrons. The summed E-state index contributed by atoms with van der Waals surface area (Å²) in [6.45, 7) is 9.80. The Balaban J connectivity index is 0.00000156. The van der Waals surface area contributed by atoms with Gasteiger partial charge in [0.25, 0.3) is 5.91 Å². The van der Waals surface area contributed by atoms with Crippen LogP contribution in [0, 0.1) is 10.8 Å². The SMILES string of the molecule is C1CCNC1.CC(C)NC(=O)C(=N)N(C(=N)c1cc(C(C)C)c(O)cc1O)c1ccc(S)cc1.O.O. The van der Waals surface area contributed by atoms with E-state index in [9.17, 15) is 15.0 Å². The first-order chi connectivity index (χ1) is 16.0. The lowest BCUT2D eigenvalue weighted by Gasteiger charge is -2.26. The molecular weight excluding hydrogens is 482 g/mol. The van der Waals surface area contributed by atoms with Gasteiger partial charge in [-0.2, -0.15) is 0 Å². The number of rotatable bonds is 4. The maximum Gasteiger partial charge on any atom is 0.287 e. The second-order valence-corrected chi connectivity index (χ2v) is 9.23. The number of nitrogens with zero attached hydrogens (tertiary/aromatic N) is 1. The van der Waals surface area contributed by atoms with Gasteiger partial charge in [-0.15, -0.1) is 12.6 Å². The molecule has 0 bridgehead atoms. The minimum Gasteiger partial charge on any atom is -0.508 e. The largest absolute Gasteiger partial charge is 0.508 e. The number of phenolic OH excluding ortho intramolecular Hbond substituents is 2. The molecule has 3 rings (SSSR count). The van der Waals surface area contributed by atoms with Crippen molar-refractivity contribution in [1.29, 1.82) is 10.8 Å². The Labute approximate surface area is 217 Å². The van der Waals surface area contributed by atoms with Crippen molar-refractivity contribution >= 4 is 35.9 Å². The van der Waals surface area contributed by atoms with E-state index in [4.69, 9.17) is 10.8 Å². The molecule has 11 heteroatoms. The number of carbonyl (C=O) groups excluding carboxylic acids is 1. The summed E-state index contributed by atoms with van der Waals surface area (Å²) in [4.78, 5) is 14.3. The average molecular weight is 522 g/mol. The zero-order chi connectivity index (χ0) is 25.4. The standard InChI is InChI=1S/C21H26N4O3S.C4H9N.2H2O/c1-11(2)15-9-16(18(27)10-17(15)26)19(22)25(13-5-7-14(29)8-6-13)20(23)21(28)24-12(3)4;1-2-4-5-3-1;;/h5-12,22-23,26-27,29H,1-4H3,(H,24,28);5H,1-4H2;2*1H2. The van der Waals surface area contributed by atoms with Gasteiger partial charge in [-0.3, -0.25) is 20.5 Å². The molecule has 0 unspecified atom stereocenters. The first-order valence-corrected chi connectivity index (χ1v) is 11.8. The zero-order valence-electron chi connectivity index (χ0n) is 21.1. The van der Waals surface area contributed by atoms with Crippen LogP contribution in [0.4, 0.5) is 5.69 Å². The van der Waals surface area contributed by atoms with Crippen LogP contribution in [0.2, 0.25) is 0 Å². The Bertz CT molecular complexity index is 1020. The number of aromatic hydroxyl groups is 2. The second kappa shape index (κ2) is 15.1. The van der Waals surface area contributed by atoms with E-state index in [0.29, 0.717) is 16.1 Å². The van der Waals surface area contributed by atoms with Gasteiger partial charge in [0.15, 0.2) is 5.84 Å². The highest BCUT2D eigenvalue weighted by molar-refractivity contribution is 7.80. The van der Waals surface area contributed by atoms with E-state index >= 15 is 0 Å². The molecule has 0 spiro atoms. The predicted octanol–water partition coefficient (Wildman–Crippen LogP) is 2.56. The Hall–Kier alpha value is -3.12. The Morgan fingerprint density at radius 2 is 1.56 bits per heavy atom. The van der Waals surface area contributed by atoms with Crippen LogP contribution < -0.4 is 15.5 Å². The number of hydrogen-bond acceptors (Lipinski definition) is 7. The van der Waals surface area contributed by atoms with E-state index in [2.05, 4.69) is 23.3 Å². The monoisotopic (exact) mass is 521 g/mol. The molecule has 2 aromatic carbocycles. The lowest BCUT2D eigenvalue weighted by atomic mass is 9.98. The smallest absolute Gasteiger partial charge is 0.287 e. The molecule has 10 nitrogen and oxygen atoms in total. The Kier molecular flexibility index (Phi) is 13.8. The number of hydrogen-bond donors (Lipinski definition) is 7. The van der Waals surface area contributed by atoms with E-state index in [1.807, 2.05) is 13.8 Å². The summed E-state index contributed by atoms with van der Waals surface area (Å²) in [5, 5.41) is 43.4. The van der Waals surface area contributed by atoms with Gasteiger partial charge in [0.2, 0.25) is 0 Å². The van der Waals surface area contributed by atoms with Crippen molar-refractivity contribution in [3.8, 4) is 11.5 Å². The molecule has 1 aliphatic rings. The Morgan fingerprint density at radius 3 is 2.00 bits per heavy atom. The third-order valence-corrected chi connectivity index (χ3v) is 5.47. The fourth-order valence-corrected chi connectivity index (χ4v) is 3.54. The van der Waals surface area contributed by atoms with Crippen molar-refractivity contribution in [3.63, 3.8) is 0 Å². The molecule has 0 atom stereocenters. The van der Waals surface area contributed by atoms with Crippen LogP contribution in [0.1, 0.15) is 57.6 Å². The molecule has 36 heavy (non-hydrogen) atoms. The van der Waals surface area contributed by atoms with Crippen molar-refractivity contribution in [2.75, 3.05) is 18.0 Å². The minimum atomic E-state index is -0.651. The molecule has 1 heterocycles. The molecule has 1 fully saturated rings. The third kappa shape index (κ3) is 8.83. The first-order valence-electron chi connectivity index (χ1n) is 11.4. The van der Waals surface area contributed by atoms with Crippen LogP contribution in [0.3, 0.4) is 0 Å². The van der Waals surface area contributed by atoms with Crippen LogP contribution in [-0.2, 0) is 4.79 Å². The maximum atomic E-state index is 12.5. The summed E-state index contributed by atoms with van der Waals surface area (Å²) >= 11 is 4.25. The fraction of sp³-hybridized carbons (Fsp3) is 0.400. The highest BCUT2D eigenvalue weighted by Crippen LogP contribution is 2.33. The van der Waals surface area contributed by atoms with E-state index in [1.54, 1.807) is 38.1 Å². The average Bonchev–Trinajstić information content (AvgIpc) is 3.34. The van der Waals surface area contributed by atoms with Gasteiger partial charge in [-0.05, 0) is 81.6 Å². The normalized spacial score (nSPS) is 12.1. The van der Waals surface area contributed by atoms with Crippen LogP contribution in [0.15, 0.2) is 41.3 Å². The third-order valence-electron chi connectivity index (χ3n) is 5.17. The van der Waals surface area contributed by atoms with Crippen molar-refractivity contribution < 1.29 is 26.0 Å². The lowest BCUT2D eigenvalue weighted by Crippen LogP contribution is -2.47. The molecule has 0 aliphatic carbocycles. The zero-order valence-corrected chi connectivity index (χ0v) is 22.0. The maximum absolute atomic E-state index is 12.5. The van der Waals surface area contributed by atoms with Gasteiger partial charge in [0.05, 0.1) is 5.56 Å². The number of amidine groups is 2. The Morgan fingerprint density at radius 1 is 1.00 bits per heavy atom. The van der Waals surface area contributed by atoms with Crippen LogP contribution >= 0.6 is 12.6 Å². The minimum absolute atomic E-state index is 0. The van der Waals surface area contributed by atoms with Gasteiger partial charge in [-0.1, -0.05) is 13.8 Å². The number of benzene rings is 2. The van der Waals surface area contributed by atoms with Gasteiger partial charge in [0, 0.05) is 22.7 Å². The first kappa shape index (κ1) is 32.9. The van der Waals surface area contributed by atoms with Gasteiger partial charge >= 0.3 is 0 Å². The molecule has 200 valence electrons. The molecule has 10 N–H and O–H groups in total. The molecule has 2 aromatic rings. The van der Waals surface area contributed by atoms with Crippen molar-refractivity contribution in [3.05, 3.63) is 47.5 Å². The number of amides is 1. The molecule has 1 amide bonds. The predicted molar refractivity (Wildman–Crippen MR) is 147 cm³/mol. The number of phenols is 2. The van der Waals surface area contributed by atoms with Crippen LogP contribution in [0.5, 0.6) is 11.5 Å². The van der Waals surface area contributed by atoms with Gasteiger partial charge < -0.3 is 31.8 Å². The number of thiol groups is 1. The number of anilines is 1. The summed E-state index contributed by atoms with van der Waals surface area (Å²) in [6.07, 6.45) is 2.78. The summed E-state index contributed by atoms with van der Waals surface area (Å²) in [5.41, 5.74) is 1.05. The summed E-state index contributed by atoms with van der Waals surface area (Å²) in [5.74, 6) is -1.82. The van der Waals surface area contributed by atoms with Crippen LogP contribution in [-0.4, -0.2) is 57.9 Å². The number of nitrogens with one attached hydrogen (secondary N) is 4. The van der Waals surface area contributed by atoms with E-state index in [1.165, 1.54) is 38.1 Å². The molecule has 0 aromatic heterocycles. The van der Waals surface area contributed by atoms with Gasteiger partial charge in [-0.25, -0.2) is 0 Å². The molecular formula is C25H39N5O5S. The van der Waals surface area contributed by atoms with Crippen LogP contribution in [0.25, 0.3) is 0 Å². The summed E-state index contributed by atoms with van der Waals surface area (Å²) in [6, 6.07) is 9.12. The topological polar surface area (TPSA) is 196 Å². The summed E-state index contributed by atoms with van der Waals surface area (Å²) < 4.78 is 0. The highest BCUT2D eigenvalue weighted by atomic mass is 32.1. The molecule has 1 aliphatic heterocycles.